The summed E-state index contributed by atoms with van der Waals surface area (Å²) in [6.45, 7) is 0. The summed E-state index contributed by atoms with van der Waals surface area (Å²) in [5, 5.41) is 4.91. The monoisotopic (exact) mass is 614 g/mol. The topological polar surface area (TPSA) is 34.0 Å². The number of rotatable bonds is 6. The molecule has 2 heterocycles. The highest BCUT2D eigenvalue weighted by Gasteiger charge is 2.18. The number of anilines is 3. The molecule has 0 saturated heterocycles. The second kappa shape index (κ2) is 11.7. The van der Waals surface area contributed by atoms with E-state index in [4.69, 9.17) is 9.97 Å². The van der Waals surface area contributed by atoms with Crippen molar-refractivity contribution in [1.82, 2.24) is 14.5 Å². The molecule has 0 spiro atoms. The smallest absolute Gasteiger partial charge is 0.0965 e. The Balaban J connectivity index is 1.17. The van der Waals surface area contributed by atoms with Crippen LogP contribution in [0.4, 0.5) is 17.1 Å². The molecule has 2 aromatic heterocycles. The molecule has 0 fully saturated rings. The predicted octanol–water partition coefficient (Wildman–Crippen LogP) is 11.5. The molecule has 0 bridgehead atoms. The number of nitrogens with zero attached hydrogens (tertiary/aromatic N) is 4. The molecule has 0 aliphatic rings. The fourth-order valence-corrected chi connectivity index (χ4v) is 6.91. The normalized spacial score (nSPS) is 11.3. The Hall–Kier alpha value is -6.52. The van der Waals surface area contributed by atoms with E-state index in [-0.39, 0.29) is 0 Å². The molecule has 9 rings (SSSR count). The lowest BCUT2D eigenvalue weighted by Gasteiger charge is -2.27. The van der Waals surface area contributed by atoms with Gasteiger partial charge in [-0.15, -0.1) is 0 Å². The zero-order chi connectivity index (χ0) is 31.9. The number of hydrogen-bond donors (Lipinski definition) is 0. The van der Waals surface area contributed by atoms with Crippen molar-refractivity contribution in [2.75, 3.05) is 4.90 Å². The molecule has 0 unspecified atom stereocenters. The number of fused-ring (bicyclic) bond motifs is 4. The first-order valence-corrected chi connectivity index (χ1v) is 16.2. The summed E-state index contributed by atoms with van der Waals surface area (Å²) >= 11 is 0. The number of hydrogen-bond acceptors (Lipinski definition) is 3. The summed E-state index contributed by atoms with van der Waals surface area (Å²) in [6.07, 6.45) is 3.52. The lowest BCUT2D eigenvalue weighted by atomic mass is 10.0. The van der Waals surface area contributed by atoms with Gasteiger partial charge in [0.2, 0.25) is 0 Å². The van der Waals surface area contributed by atoms with Gasteiger partial charge in [0, 0.05) is 56.7 Å². The molecule has 4 heteroatoms. The van der Waals surface area contributed by atoms with Crippen LogP contribution in [-0.4, -0.2) is 14.5 Å². The van der Waals surface area contributed by atoms with Gasteiger partial charge in [0.15, 0.2) is 0 Å². The first-order chi connectivity index (χ1) is 23.8. The molecule has 7 aromatic carbocycles. The average molecular weight is 615 g/mol. The Labute approximate surface area is 278 Å². The SMILES string of the molecule is c1ccc(-c2nccnc2-c2ccc(N(c3ccc(-n4c5ccccc5c5ccccc54)cc3)c3cccc4ccccc34)cc2)cc1. The van der Waals surface area contributed by atoms with Gasteiger partial charge in [-0.3, -0.25) is 9.97 Å². The highest BCUT2D eigenvalue weighted by atomic mass is 15.1. The Morgan fingerprint density at radius 2 is 0.896 bits per heavy atom. The fourth-order valence-electron chi connectivity index (χ4n) is 6.91. The molecule has 4 nitrogen and oxygen atoms in total. The van der Waals surface area contributed by atoms with E-state index in [1.807, 2.05) is 18.2 Å². The zero-order valence-corrected chi connectivity index (χ0v) is 26.1. The second-order valence-corrected chi connectivity index (χ2v) is 11.9. The van der Waals surface area contributed by atoms with Crippen molar-refractivity contribution in [2.45, 2.75) is 0 Å². The first kappa shape index (κ1) is 27.8. The van der Waals surface area contributed by atoms with Crippen LogP contribution in [-0.2, 0) is 0 Å². The zero-order valence-electron chi connectivity index (χ0n) is 26.1. The van der Waals surface area contributed by atoms with Gasteiger partial charge in [-0.2, -0.15) is 0 Å². The van der Waals surface area contributed by atoms with Gasteiger partial charge >= 0.3 is 0 Å². The van der Waals surface area contributed by atoms with Gasteiger partial charge in [-0.1, -0.05) is 115 Å². The molecule has 0 aliphatic heterocycles. The molecule has 0 amide bonds. The van der Waals surface area contributed by atoms with Crippen molar-refractivity contribution in [3.8, 4) is 28.2 Å². The van der Waals surface area contributed by atoms with Crippen LogP contribution in [0.3, 0.4) is 0 Å². The van der Waals surface area contributed by atoms with Crippen LogP contribution in [0.25, 0.3) is 60.8 Å². The first-order valence-electron chi connectivity index (χ1n) is 16.2. The molecule has 9 aromatic rings. The highest BCUT2D eigenvalue weighted by molar-refractivity contribution is 6.09. The van der Waals surface area contributed by atoms with E-state index in [1.54, 1.807) is 12.4 Å². The van der Waals surface area contributed by atoms with Crippen molar-refractivity contribution in [3.63, 3.8) is 0 Å². The number of benzene rings is 7. The fraction of sp³-hybridized carbons (Fsp3) is 0. The number of aromatic nitrogens is 3. The van der Waals surface area contributed by atoms with Crippen molar-refractivity contribution in [1.29, 1.82) is 0 Å². The molecule has 0 saturated carbocycles. The third kappa shape index (κ3) is 4.70. The second-order valence-electron chi connectivity index (χ2n) is 11.9. The van der Waals surface area contributed by atoms with Crippen LogP contribution in [0.1, 0.15) is 0 Å². The summed E-state index contributed by atoms with van der Waals surface area (Å²) in [7, 11) is 0. The van der Waals surface area contributed by atoms with Gasteiger partial charge in [0.1, 0.15) is 0 Å². The average Bonchev–Trinajstić information content (AvgIpc) is 3.50. The Morgan fingerprint density at radius 3 is 1.54 bits per heavy atom. The van der Waals surface area contributed by atoms with E-state index in [9.17, 15) is 0 Å². The minimum atomic E-state index is 0.863. The Bertz CT molecular complexity index is 2490. The molecule has 48 heavy (non-hydrogen) atoms. The molecule has 0 N–H and O–H groups in total. The van der Waals surface area contributed by atoms with Crippen molar-refractivity contribution in [2.24, 2.45) is 0 Å². The van der Waals surface area contributed by atoms with Crippen LogP contribution in [0, 0.1) is 0 Å². The summed E-state index contributed by atoms with van der Waals surface area (Å²) < 4.78 is 2.36. The molecule has 0 aliphatic carbocycles. The van der Waals surface area contributed by atoms with E-state index in [2.05, 4.69) is 161 Å². The summed E-state index contributed by atoms with van der Waals surface area (Å²) in [5.41, 5.74) is 10.6. The summed E-state index contributed by atoms with van der Waals surface area (Å²) in [5.74, 6) is 0. The summed E-state index contributed by atoms with van der Waals surface area (Å²) in [4.78, 5) is 11.8. The van der Waals surface area contributed by atoms with E-state index in [1.165, 1.54) is 32.6 Å². The van der Waals surface area contributed by atoms with Crippen molar-refractivity contribution < 1.29 is 0 Å². The van der Waals surface area contributed by atoms with Crippen LogP contribution in [0.5, 0.6) is 0 Å². The quantitative estimate of drug-likeness (QED) is 0.187. The highest BCUT2D eigenvalue weighted by Crippen LogP contribution is 2.41. The van der Waals surface area contributed by atoms with E-state index in [0.29, 0.717) is 0 Å². The van der Waals surface area contributed by atoms with Gasteiger partial charge < -0.3 is 9.47 Å². The lowest BCUT2D eigenvalue weighted by Crippen LogP contribution is -2.10. The maximum Gasteiger partial charge on any atom is 0.0965 e. The molecule has 0 radical (unpaired) electrons. The largest absolute Gasteiger partial charge is 0.310 e. The van der Waals surface area contributed by atoms with Crippen LogP contribution >= 0.6 is 0 Å². The van der Waals surface area contributed by atoms with Crippen molar-refractivity contribution >= 4 is 49.6 Å². The maximum absolute atomic E-state index is 4.76. The Morgan fingerprint density at radius 1 is 0.396 bits per heavy atom. The number of para-hydroxylation sites is 2. The van der Waals surface area contributed by atoms with Crippen LogP contribution in [0.2, 0.25) is 0 Å². The molecular formula is C44H30N4. The Kier molecular flexibility index (Phi) is 6.76. The lowest BCUT2D eigenvalue weighted by molar-refractivity contribution is 1.17. The van der Waals surface area contributed by atoms with Gasteiger partial charge in [-0.05, 0) is 60.0 Å². The van der Waals surface area contributed by atoms with Crippen LogP contribution in [0.15, 0.2) is 182 Å². The minimum Gasteiger partial charge on any atom is -0.310 e. The van der Waals surface area contributed by atoms with Crippen molar-refractivity contribution in [3.05, 3.63) is 182 Å². The standard InChI is InChI=1S/C44H30N4/c1-2-12-32(13-3-1)43-44(46-30-29-45-43)33-21-23-34(24-22-33)47(40-20-10-14-31-11-4-5-15-37(31)40)35-25-27-36(28-26-35)48-41-18-8-6-16-38(41)39-17-7-9-19-42(39)48/h1-30H. The molecular weight excluding hydrogens is 585 g/mol. The van der Waals surface area contributed by atoms with Crippen LogP contribution < -0.4 is 4.90 Å². The predicted molar refractivity (Wildman–Crippen MR) is 199 cm³/mol. The van der Waals surface area contributed by atoms with Gasteiger partial charge in [0.05, 0.1) is 28.1 Å². The third-order valence-electron chi connectivity index (χ3n) is 9.10. The molecule has 226 valence electrons. The maximum atomic E-state index is 4.76. The van der Waals surface area contributed by atoms with E-state index in [0.717, 1.165) is 45.3 Å². The minimum absolute atomic E-state index is 0.863. The van der Waals surface area contributed by atoms with E-state index < -0.39 is 0 Å². The summed E-state index contributed by atoms with van der Waals surface area (Å²) in [6, 6.07) is 60.2. The van der Waals surface area contributed by atoms with Gasteiger partial charge in [0.25, 0.3) is 0 Å². The molecule has 0 atom stereocenters. The third-order valence-corrected chi connectivity index (χ3v) is 9.10. The van der Waals surface area contributed by atoms with Gasteiger partial charge in [-0.25, -0.2) is 0 Å². The van der Waals surface area contributed by atoms with E-state index >= 15 is 0 Å².